The van der Waals surface area contributed by atoms with Gasteiger partial charge in [0.15, 0.2) is 5.16 Å². The summed E-state index contributed by atoms with van der Waals surface area (Å²) in [5.74, 6) is 3.01. The highest BCUT2D eigenvalue weighted by Crippen LogP contribution is 2.39. The van der Waals surface area contributed by atoms with Crippen molar-refractivity contribution in [1.29, 1.82) is 0 Å². The zero-order valence-electron chi connectivity index (χ0n) is 15.3. The molecule has 0 bridgehead atoms. The van der Waals surface area contributed by atoms with Gasteiger partial charge in [-0.2, -0.15) is 5.10 Å². The van der Waals surface area contributed by atoms with Crippen LogP contribution in [0.1, 0.15) is 48.6 Å². The van der Waals surface area contributed by atoms with Gasteiger partial charge in [0, 0.05) is 19.4 Å². The quantitative estimate of drug-likeness (QED) is 0.593. The second-order valence-electron chi connectivity index (χ2n) is 6.96. The molecular weight excluding hydrogens is 378 g/mol. The number of amides is 1. The molecule has 1 saturated carbocycles. The highest BCUT2D eigenvalue weighted by Gasteiger charge is 2.36. The molecule has 0 aromatic carbocycles. The third kappa shape index (κ3) is 3.15. The molecule has 8 nitrogen and oxygen atoms in total. The van der Waals surface area contributed by atoms with Crippen LogP contribution in [0.25, 0.3) is 0 Å². The molecule has 0 unspecified atom stereocenters. The molecule has 3 aromatic rings. The molecule has 1 aliphatic heterocycles. The molecule has 9 heteroatoms. The van der Waals surface area contributed by atoms with Crippen molar-refractivity contribution < 1.29 is 13.6 Å². The predicted octanol–water partition coefficient (Wildman–Crippen LogP) is 3.35. The van der Waals surface area contributed by atoms with E-state index >= 15 is 0 Å². The van der Waals surface area contributed by atoms with E-state index in [1.165, 1.54) is 29.6 Å². The van der Waals surface area contributed by atoms with Gasteiger partial charge in [0.25, 0.3) is 5.91 Å². The first kappa shape index (κ1) is 17.3. The number of furan rings is 2. The van der Waals surface area contributed by atoms with E-state index in [0.29, 0.717) is 23.9 Å². The first-order valence-corrected chi connectivity index (χ1v) is 10.2. The minimum atomic E-state index is -0.273. The summed E-state index contributed by atoms with van der Waals surface area (Å²) in [6.45, 7) is 0. The molecule has 2 aliphatic rings. The Morgan fingerprint density at radius 3 is 2.75 bits per heavy atom. The second-order valence-corrected chi connectivity index (χ2v) is 7.90. The Kier molecular flexibility index (Phi) is 4.31. The van der Waals surface area contributed by atoms with Gasteiger partial charge in [-0.05, 0) is 37.1 Å². The lowest BCUT2D eigenvalue weighted by Gasteiger charge is -2.19. The van der Waals surface area contributed by atoms with Crippen LogP contribution in [0.3, 0.4) is 0 Å². The van der Waals surface area contributed by atoms with Crippen molar-refractivity contribution in [2.75, 3.05) is 5.75 Å². The van der Waals surface area contributed by atoms with Crippen molar-refractivity contribution in [2.24, 2.45) is 12.1 Å². The van der Waals surface area contributed by atoms with Crippen molar-refractivity contribution in [3.05, 3.63) is 54.1 Å². The molecule has 144 valence electrons. The van der Waals surface area contributed by atoms with E-state index in [-0.39, 0.29) is 17.7 Å². The van der Waals surface area contributed by atoms with Crippen molar-refractivity contribution in [3.63, 3.8) is 0 Å². The molecule has 0 radical (unpaired) electrons. The highest BCUT2D eigenvalue weighted by atomic mass is 32.2. The largest absolute Gasteiger partial charge is 0.467 e. The van der Waals surface area contributed by atoms with Gasteiger partial charge in [-0.15, -0.1) is 10.2 Å². The summed E-state index contributed by atoms with van der Waals surface area (Å²) in [6, 6.07) is 7.07. The van der Waals surface area contributed by atoms with Crippen LogP contribution >= 0.6 is 11.8 Å². The van der Waals surface area contributed by atoms with Gasteiger partial charge in [0.05, 0.1) is 18.3 Å². The minimum absolute atomic E-state index is 0.107. The number of aromatic nitrogens is 3. The Morgan fingerprint density at radius 2 is 2.04 bits per heavy atom. The third-order valence-electron chi connectivity index (χ3n) is 4.98. The van der Waals surface area contributed by atoms with Crippen LogP contribution in [0.5, 0.6) is 0 Å². The lowest BCUT2D eigenvalue weighted by Crippen LogP contribution is -2.28. The Balaban J connectivity index is 1.33. The first-order chi connectivity index (χ1) is 13.7. The van der Waals surface area contributed by atoms with E-state index in [9.17, 15) is 4.79 Å². The molecule has 0 spiro atoms. The highest BCUT2D eigenvalue weighted by molar-refractivity contribution is 7.99. The van der Waals surface area contributed by atoms with E-state index in [2.05, 4.69) is 15.3 Å². The molecule has 1 aliphatic carbocycles. The molecule has 5 rings (SSSR count). The number of carbonyl (C=O) groups excluding carboxylic acids is 1. The molecule has 4 heterocycles. The Hall–Kier alpha value is -2.81. The number of hydrogen-bond donors (Lipinski definition) is 0. The number of carbonyl (C=O) groups is 1. The van der Waals surface area contributed by atoms with Gasteiger partial charge < -0.3 is 13.4 Å². The molecule has 1 atom stereocenters. The lowest BCUT2D eigenvalue weighted by atomic mass is 10.1. The summed E-state index contributed by atoms with van der Waals surface area (Å²) in [5.41, 5.74) is 0.736. The van der Waals surface area contributed by atoms with Crippen LogP contribution in [0.15, 0.2) is 55.9 Å². The van der Waals surface area contributed by atoms with Crippen LogP contribution in [0.4, 0.5) is 0 Å². The zero-order chi connectivity index (χ0) is 19.1. The van der Waals surface area contributed by atoms with Crippen LogP contribution < -0.4 is 0 Å². The van der Waals surface area contributed by atoms with Crippen LogP contribution in [-0.4, -0.2) is 37.1 Å². The maximum atomic E-state index is 13.0. The Bertz CT molecular complexity index is 1000. The summed E-state index contributed by atoms with van der Waals surface area (Å²) in [5, 5.41) is 15.3. The topological polar surface area (TPSA) is 89.7 Å². The molecule has 0 N–H and O–H groups in total. The van der Waals surface area contributed by atoms with Crippen LogP contribution in [-0.2, 0) is 11.8 Å². The van der Waals surface area contributed by atoms with Gasteiger partial charge in [0.2, 0.25) is 0 Å². The van der Waals surface area contributed by atoms with E-state index < -0.39 is 0 Å². The monoisotopic (exact) mass is 397 g/mol. The molecule has 1 fully saturated rings. The fourth-order valence-corrected chi connectivity index (χ4v) is 4.15. The SMILES string of the molecule is Cn1c(SCC(=O)N2N=C(c3ccco3)C[C@H]2c2ccco2)nnc1C1CC1. The van der Waals surface area contributed by atoms with Gasteiger partial charge >= 0.3 is 0 Å². The lowest BCUT2D eigenvalue weighted by molar-refractivity contribution is -0.130. The third-order valence-corrected chi connectivity index (χ3v) is 5.98. The summed E-state index contributed by atoms with van der Waals surface area (Å²) >= 11 is 1.38. The van der Waals surface area contributed by atoms with Gasteiger partial charge in [-0.1, -0.05) is 11.8 Å². The van der Waals surface area contributed by atoms with E-state index in [4.69, 9.17) is 8.83 Å². The Morgan fingerprint density at radius 1 is 1.21 bits per heavy atom. The van der Waals surface area contributed by atoms with Gasteiger partial charge in [-0.3, -0.25) is 4.79 Å². The van der Waals surface area contributed by atoms with Crippen LogP contribution in [0, 0.1) is 0 Å². The maximum absolute atomic E-state index is 13.0. The number of hydrogen-bond acceptors (Lipinski definition) is 7. The van der Waals surface area contributed by atoms with E-state index in [1.807, 2.05) is 35.9 Å². The second kappa shape index (κ2) is 6.97. The van der Waals surface area contributed by atoms with Crippen molar-refractivity contribution in [2.45, 2.75) is 36.4 Å². The first-order valence-electron chi connectivity index (χ1n) is 9.19. The normalized spacial score (nSPS) is 19.2. The summed E-state index contributed by atoms with van der Waals surface area (Å²) < 4.78 is 13.0. The fraction of sp³-hybridized carbons (Fsp3) is 0.368. The Labute approximate surface area is 165 Å². The summed E-state index contributed by atoms with van der Waals surface area (Å²) in [4.78, 5) is 13.0. The van der Waals surface area contributed by atoms with E-state index in [1.54, 1.807) is 12.5 Å². The molecular formula is C19H19N5O3S. The van der Waals surface area contributed by atoms with Gasteiger partial charge in [0.1, 0.15) is 29.1 Å². The number of nitrogens with zero attached hydrogens (tertiary/aromatic N) is 5. The van der Waals surface area contributed by atoms with Crippen molar-refractivity contribution in [3.8, 4) is 0 Å². The minimum Gasteiger partial charge on any atom is -0.467 e. The van der Waals surface area contributed by atoms with Crippen molar-refractivity contribution >= 4 is 23.4 Å². The average Bonchev–Trinajstić information content (AvgIpc) is 3.19. The summed E-state index contributed by atoms with van der Waals surface area (Å²) in [6.07, 6.45) is 6.09. The van der Waals surface area contributed by atoms with E-state index in [0.717, 1.165) is 16.7 Å². The van der Waals surface area contributed by atoms with Crippen LogP contribution in [0.2, 0.25) is 0 Å². The molecule has 3 aromatic heterocycles. The predicted molar refractivity (Wildman–Crippen MR) is 102 cm³/mol. The van der Waals surface area contributed by atoms with Crippen molar-refractivity contribution in [1.82, 2.24) is 19.8 Å². The maximum Gasteiger partial charge on any atom is 0.253 e. The smallest absolute Gasteiger partial charge is 0.253 e. The average molecular weight is 397 g/mol. The fourth-order valence-electron chi connectivity index (χ4n) is 3.38. The standard InChI is InChI=1S/C19H19N5O3S/c1-23-18(12-6-7-12)20-21-19(23)28-11-17(25)24-14(16-5-3-9-27-16)10-13(22-24)15-4-2-8-26-15/h2-5,8-9,12,14H,6-7,10-11H2,1H3/t14-/m0/s1. The molecule has 28 heavy (non-hydrogen) atoms. The zero-order valence-corrected chi connectivity index (χ0v) is 16.1. The number of thioether (sulfide) groups is 1. The molecule has 1 amide bonds. The summed E-state index contributed by atoms with van der Waals surface area (Å²) in [7, 11) is 1.95. The molecule has 0 saturated heterocycles. The van der Waals surface area contributed by atoms with Gasteiger partial charge in [-0.25, -0.2) is 5.01 Å². The number of rotatable bonds is 6. The number of hydrazone groups is 1.